The summed E-state index contributed by atoms with van der Waals surface area (Å²) in [5, 5.41) is 0.789. The van der Waals surface area contributed by atoms with Crippen LogP contribution < -0.4 is 9.42 Å². The molecule has 0 unspecified atom stereocenters. The average molecular weight is 309 g/mol. The molecule has 0 spiro atoms. The van der Waals surface area contributed by atoms with Crippen molar-refractivity contribution in [3.05, 3.63) is 6.07 Å². The van der Waals surface area contributed by atoms with Gasteiger partial charge in [0.2, 0.25) is 11.8 Å². The van der Waals surface area contributed by atoms with Crippen LogP contribution in [0, 0.1) is 0 Å². The highest BCUT2D eigenvalue weighted by Gasteiger charge is 2.20. The van der Waals surface area contributed by atoms with Gasteiger partial charge in [0, 0.05) is 46.2 Å². The van der Waals surface area contributed by atoms with Gasteiger partial charge in [-0.05, 0) is 6.26 Å². The van der Waals surface area contributed by atoms with Gasteiger partial charge in [0.25, 0.3) is 0 Å². The van der Waals surface area contributed by atoms with Crippen LogP contribution in [0.4, 0.5) is 5.95 Å². The number of hydrogen-bond donors (Lipinski definition) is 0. The quantitative estimate of drug-likeness (QED) is 0.450. The van der Waals surface area contributed by atoms with Crippen LogP contribution in [-0.4, -0.2) is 44.5 Å². The zero-order chi connectivity index (χ0) is 13.8. The van der Waals surface area contributed by atoms with Gasteiger partial charge in [-0.2, -0.15) is 4.98 Å². The molecule has 1 aromatic rings. The largest absolute Gasteiger partial charge is 0.405 e. The molecule has 0 radical (unpaired) electrons. The van der Waals surface area contributed by atoms with Gasteiger partial charge in [0.15, 0.2) is 0 Å². The summed E-state index contributed by atoms with van der Waals surface area (Å²) in [5.74, 6) is 0.899. The molecule has 1 aromatic heterocycles. The molecule has 0 saturated carbocycles. The van der Waals surface area contributed by atoms with Gasteiger partial charge in [0.1, 0.15) is 5.03 Å². The van der Waals surface area contributed by atoms with E-state index in [4.69, 9.17) is 25.4 Å². The summed E-state index contributed by atoms with van der Waals surface area (Å²) in [6.45, 7) is -2.77. The van der Waals surface area contributed by atoms with Crippen LogP contribution in [-0.2, 0) is 20.9 Å². The third-order valence-electron chi connectivity index (χ3n) is 1.93. The molecule has 0 aromatic carbocycles. The fourth-order valence-electron chi connectivity index (χ4n) is 1.01. The van der Waals surface area contributed by atoms with Gasteiger partial charge in [-0.25, -0.2) is 4.98 Å². The standard InChI is InChI=1S/C9H16N3O3PS2/c1-12(2)9-10-7(6-8(11-9)18-5)15-16(17,13-3)14-4/h6H,1-5H3. The molecule has 1 rings (SSSR count). The molecule has 0 bridgehead atoms. The van der Waals surface area contributed by atoms with Gasteiger partial charge < -0.3 is 18.5 Å². The van der Waals surface area contributed by atoms with E-state index in [9.17, 15) is 0 Å². The molecule has 102 valence electrons. The minimum absolute atomic E-state index is 0.352. The molecular weight excluding hydrogens is 293 g/mol. The highest BCUT2D eigenvalue weighted by atomic mass is 32.5. The Bertz CT molecular complexity index is 451. The molecule has 0 aliphatic heterocycles. The summed E-state index contributed by atoms with van der Waals surface area (Å²) in [4.78, 5) is 10.4. The Hall–Kier alpha value is -0.400. The van der Waals surface area contributed by atoms with E-state index in [0.29, 0.717) is 11.8 Å². The monoisotopic (exact) mass is 309 g/mol. The SMILES string of the molecule is COP(=S)(OC)Oc1cc(SC)nc(N(C)C)n1. The van der Waals surface area contributed by atoms with Gasteiger partial charge >= 0.3 is 6.72 Å². The van der Waals surface area contributed by atoms with Crippen molar-refractivity contribution in [3.8, 4) is 5.88 Å². The normalized spacial score (nSPS) is 11.4. The molecule has 0 fully saturated rings. The fraction of sp³-hybridized carbons (Fsp3) is 0.556. The first-order valence-corrected chi connectivity index (χ1v) is 8.73. The molecule has 6 nitrogen and oxygen atoms in total. The number of thioether (sulfide) groups is 1. The Morgan fingerprint density at radius 1 is 1.28 bits per heavy atom. The van der Waals surface area contributed by atoms with Crippen LogP contribution in [0.25, 0.3) is 0 Å². The molecule has 18 heavy (non-hydrogen) atoms. The second-order valence-electron chi connectivity index (χ2n) is 3.35. The fourth-order valence-corrected chi connectivity index (χ4v) is 2.25. The minimum atomic E-state index is -2.77. The molecule has 1 heterocycles. The van der Waals surface area contributed by atoms with Crippen molar-refractivity contribution < 1.29 is 13.6 Å². The van der Waals surface area contributed by atoms with Crippen LogP contribution >= 0.6 is 18.5 Å². The first-order chi connectivity index (χ1) is 8.44. The summed E-state index contributed by atoms with van der Waals surface area (Å²) in [6, 6.07) is 1.71. The molecule has 0 atom stereocenters. The van der Waals surface area contributed by atoms with E-state index < -0.39 is 6.72 Å². The van der Waals surface area contributed by atoms with Crippen molar-refractivity contribution in [1.29, 1.82) is 0 Å². The summed E-state index contributed by atoms with van der Waals surface area (Å²) in [6.07, 6.45) is 1.92. The predicted molar refractivity (Wildman–Crippen MR) is 77.1 cm³/mol. The van der Waals surface area contributed by atoms with Crippen molar-refractivity contribution in [2.24, 2.45) is 0 Å². The molecule has 0 aliphatic carbocycles. The van der Waals surface area contributed by atoms with Gasteiger partial charge in [-0.1, -0.05) is 0 Å². The molecule has 0 amide bonds. The van der Waals surface area contributed by atoms with Gasteiger partial charge in [-0.15, -0.1) is 11.8 Å². The molecule has 0 N–H and O–H groups in total. The smallest absolute Gasteiger partial charge is 0.381 e. The Morgan fingerprint density at radius 2 is 1.89 bits per heavy atom. The first-order valence-electron chi connectivity index (χ1n) is 4.95. The number of nitrogens with zero attached hydrogens (tertiary/aromatic N) is 3. The highest BCUT2D eigenvalue weighted by molar-refractivity contribution is 8.07. The molecule has 0 aliphatic rings. The molecule has 0 saturated heterocycles. The lowest BCUT2D eigenvalue weighted by atomic mass is 10.6. The Kier molecular flexibility index (Phi) is 5.81. The second-order valence-corrected chi connectivity index (χ2v) is 7.32. The van der Waals surface area contributed by atoms with E-state index >= 15 is 0 Å². The number of rotatable bonds is 6. The summed E-state index contributed by atoms with van der Waals surface area (Å²) in [5.41, 5.74) is 0. The van der Waals surface area contributed by atoms with Crippen molar-refractivity contribution in [2.45, 2.75) is 5.03 Å². The zero-order valence-electron chi connectivity index (χ0n) is 10.9. The number of hydrogen-bond acceptors (Lipinski definition) is 8. The predicted octanol–water partition coefficient (Wildman–Crippen LogP) is 2.16. The third kappa shape index (κ3) is 4.07. The summed E-state index contributed by atoms with van der Waals surface area (Å²) >= 11 is 6.63. The maximum absolute atomic E-state index is 5.52. The van der Waals surface area contributed by atoms with Crippen molar-refractivity contribution in [3.63, 3.8) is 0 Å². The molecular formula is C9H16N3O3PS2. The van der Waals surface area contributed by atoms with E-state index in [1.54, 1.807) is 11.0 Å². The topological polar surface area (TPSA) is 56.7 Å². The maximum Gasteiger partial charge on any atom is 0.381 e. The lowest BCUT2D eigenvalue weighted by molar-refractivity contribution is 0.270. The highest BCUT2D eigenvalue weighted by Crippen LogP contribution is 2.48. The van der Waals surface area contributed by atoms with E-state index in [1.165, 1.54) is 26.0 Å². The second kappa shape index (κ2) is 6.68. The zero-order valence-corrected chi connectivity index (χ0v) is 13.4. The van der Waals surface area contributed by atoms with Crippen molar-refractivity contribution in [2.75, 3.05) is 39.5 Å². The van der Waals surface area contributed by atoms with Crippen molar-refractivity contribution in [1.82, 2.24) is 9.97 Å². The van der Waals surface area contributed by atoms with E-state index in [2.05, 4.69) is 9.97 Å². The van der Waals surface area contributed by atoms with Crippen molar-refractivity contribution >= 4 is 36.2 Å². The summed E-state index contributed by atoms with van der Waals surface area (Å²) < 4.78 is 15.7. The average Bonchev–Trinajstić information content (AvgIpc) is 2.38. The number of aromatic nitrogens is 2. The van der Waals surface area contributed by atoms with Crippen LogP contribution in [0.2, 0.25) is 0 Å². The van der Waals surface area contributed by atoms with Crippen LogP contribution in [0.15, 0.2) is 11.1 Å². The Morgan fingerprint density at radius 3 is 2.33 bits per heavy atom. The van der Waals surface area contributed by atoms with E-state index in [0.717, 1.165) is 5.03 Å². The Balaban J connectivity index is 3.08. The summed E-state index contributed by atoms with van der Waals surface area (Å²) in [7, 11) is 6.61. The first kappa shape index (κ1) is 15.7. The molecule has 9 heteroatoms. The van der Waals surface area contributed by atoms with E-state index in [1.807, 2.05) is 20.4 Å². The maximum atomic E-state index is 5.52. The van der Waals surface area contributed by atoms with E-state index in [-0.39, 0.29) is 0 Å². The van der Waals surface area contributed by atoms with Gasteiger partial charge in [-0.3, -0.25) is 0 Å². The Labute approximate surface area is 116 Å². The minimum Gasteiger partial charge on any atom is -0.405 e. The lowest BCUT2D eigenvalue weighted by Crippen LogP contribution is -2.13. The lowest BCUT2D eigenvalue weighted by Gasteiger charge is -2.19. The van der Waals surface area contributed by atoms with Crippen LogP contribution in [0.1, 0.15) is 0 Å². The number of anilines is 1. The van der Waals surface area contributed by atoms with Crippen LogP contribution in [0.5, 0.6) is 5.88 Å². The van der Waals surface area contributed by atoms with Gasteiger partial charge in [0.05, 0.1) is 0 Å². The van der Waals surface area contributed by atoms with Crippen LogP contribution in [0.3, 0.4) is 0 Å². The third-order valence-corrected chi connectivity index (χ3v) is 4.98.